The van der Waals surface area contributed by atoms with Gasteiger partial charge in [0.15, 0.2) is 0 Å². The van der Waals surface area contributed by atoms with Gasteiger partial charge in [-0.2, -0.15) is 0 Å². The van der Waals surface area contributed by atoms with Crippen molar-refractivity contribution in [1.82, 2.24) is 0 Å². The second-order valence-corrected chi connectivity index (χ2v) is 7.62. The van der Waals surface area contributed by atoms with Gasteiger partial charge in [0.1, 0.15) is 11.5 Å². The first-order valence-electron chi connectivity index (χ1n) is 6.92. The van der Waals surface area contributed by atoms with E-state index in [1.165, 1.54) is 18.2 Å². The van der Waals surface area contributed by atoms with Gasteiger partial charge in [0.05, 0.1) is 9.79 Å². The van der Waals surface area contributed by atoms with Crippen molar-refractivity contribution in [2.45, 2.75) is 44.4 Å². The number of hydrogen-bond acceptors (Lipinski definition) is 4. The van der Waals surface area contributed by atoms with Gasteiger partial charge in [-0.3, -0.25) is 0 Å². The zero-order valence-corrected chi connectivity index (χ0v) is 14.2. The van der Waals surface area contributed by atoms with Gasteiger partial charge in [0, 0.05) is 0 Å². The Morgan fingerprint density at radius 3 is 1.68 bits per heavy atom. The number of phenols is 2. The summed E-state index contributed by atoms with van der Waals surface area (Å²) in [4.78, 5) is 0.331. The molecule has 0 heterocycles. The predicted octanol–water partition coefficient (Wildman–Crippen LogP) is 3.47. The molecule has 2 aromatic rings. The van der Waals surface area contributed by atoms with Crippen molar-refractivity contribution in [3.05, 3.63) is 46.0 Å². The van der Waals surface area contributed by atoms with Crippen molar-refractivity contribution >= 4 is 9.84 Å². The smallest absolute Gasteiger partial charge is 0.206 e. The Morgan fingerprint density at radius 2 is 1.18 bits per heavy atom. The molecule has 5 heteroatoms. The Balaban J connectivity index is 2.77. The lowest BCUT2D eigenvalue weighted by molar-refractivity contribution is 0.465. The van der Waals surface area contributed by atoms with Gasteiger partial charge in [0.2, 0.25) is 9.84 Å². The fourth-order valence-electron chi connectivity index (χ4n) is 2.51. The molecule has 0 spiro atoms. The van der Waals surface area contributed by atoms with Gasteiger partial charge in [-0.15, -0.1) is 0 Å². The Bertz CT molecular complexity index is 842. The third kappa shape index (κ3) is 2.46. The van der Waals surface area contributed by atoms with Crippen LogP contribution in [0.15, 0.2) is 28.0 Å². The lowest BCUT2D eigenvalue weighted by Crippen LogP contribution is -2.07. The molecule has 22 heavy (non-hydrogen) atoms. The van der Waals surface area contributed by atoms with Crippen LogP contribution < -0.4 is 0 Å². The highest BCUT2D eigenvalue weighted by Gasteiger charge is 2.24. The first-order chi connectivity index (χ1) is 10.1. The number of benzene rings is 2. The molecule has 0 aromatic heterocycles. The minimum absolute atomic E-state index is 0.105. The summed E-state index contributed by atoms with van der Waals surface area (Å²) < 4.78 is 25.8. The highest BCUT2D eigenvalue weighted by molar-refractivity contribution is 7.91. The van der Waals surface area contributed by atoms with E-state index in [1.807, 2.05) is 0 Å². The molecule has 0 aliphatic heterocycles. The first kappa shape index (κ1) is 16.4. The van der Waals surface area contributed by atoms with Crippen LogP contribution in [-0.4, -0.2) is 18.6 Å². The van der Waals surface area contributed by atoms with Gasteiger partial charge < -0.3 is 10.2 Å². The van der Waals surface area contributed by atoms with Gasteiger partial charge in [-0.1, -0.05) is 0 Å². The summed E-state index contributed by atoms with van der Waals surface area (Å²) in [5.41, 5.74) is 2.65. The Hall–Kier alpha value is -2.01. The highest BCUT2D eigenvalue weighted by atomic mass is 32.2. The van der Waals surface area contributed by atoms with Crippen LogP contribution in [0.1, 0.15) is 27.8 Å². The second-order valence-electron chi connectivity index (χ2n) is 5.70. The number of phenolic OH excluding ortho intramolecular Hbond substituents is 2. The maximum atomic E-state index is 12.9. The van der Waals surface area contributed by atoms with Crippen molar-refractivity contribution in [3.8, 4) is 11.5 Å². The zero-order valence-electron chi connectivity index (χ0n) is 13.4. The summed E-state index contributed by atoms with van der Waals surface area (Å²) in [7, 11) is -3.72. The molecule has 0 saturated carbocycles. The fourth-order valence-corrected chi connectivity index (χ4v) is 4.31. The average molecular weight is 320 g/mol. The standard InChI is InChI=1S/C17H20O4S/c1-9-6-14(7-10(2)16(9)18)22(20,21)15-8-11(3)17(19)13(5)12(15)4/h6-8,18-19H,1-5H3. The van der Waals surface area contributed by atoms with Crippen LogP contribution in [0.5, 0.6) is 11.5 Å². The molecule has 0 saturated heterocycles. The van der Waals surface area contributed by atoms with Crippen LogP contribution >= 0.6 is 0 Å². The van der Waals surface area contributed by atoms with Crippen molar-refractivity contribution < 1.29 is 18.6 Å². The molecule has 0 atom stereocenters. The Kier molecular flexibility index (Phi) is 3.96. The van der Waals surface area contributed by atoms with Crippen LogP contribution in [0.2, 0.25) is 0 Å². The van der Waals surface area contributed by atoms with E-state index < -0.39 is 9.84 Å². The Morgan fingerprint density at radius 1 is 0.727 bits per heavy atom. The van der Waals surface area contributed by atoms with Crippen molar-refractivity contribution in [2.75, 3.05) is 0 Å². The maximum absolute atomic E-state index is 12.9. The third-order valence-electron chi connectivity index (χ3n) is 4.07. The molecule has 2 N–H and O–H groups in total. The largest absolute Gasteiger partial charge is 0.507 e. The minimum Gasteiger partial charge on any atom is -0.507 e. The van der Waals surface area contributed by atoms with Crippen LogP contribution in [0.4, 0.5) is 0 Å². The number of aromatic hydroxyl groups is 2. The van der Waals surface area contributed by atoms with Crippen LogP contribution in [0.3, 0.4) is 0 Å². The Labute approximate surface area is 131 Å². The molecule has 0 fully saturated rings. The van der Waals surface area contributed by atoms with Crippen LogP contribution in [-0.2, 0) is 9.84 Å². The molecule has 0 aliphatic carbocycles. The first-order valence-corrected chi connectivity index (χ1v) is 8.40. The quantitative estimate of drug-likeness (QED) is 0.888. The van der Waals surface area contributed by atoms with Gasteiger partial charge in [-0.05, 0) is 80.6 Å². The summed E-state index contributed by atoms with van der Waals surface area (Å²) in [6.45, 7) is 8.39. The highest BCUT2D eigenvalue weighted by Crippen LogP contribution is 2.34. The van der Waals surface area contributed by atoms with Gasteiger partial charge >= 0.3 is 0 Å². The van der Waals surface area contributed by atoms with Crippen molar-refractivity contribution in [1.29, 1.82) is 0 Å². The fraction of sp³-hybridized carbons (Fsp3) is 0.294. The van der Waals surface area contributed by atoms with E-state index in [1.54, 1.807) is 34.6 Å². The molecule has 0 aliphatic rings. The average Bonchev–Trinajstić information content (AvgIpc) is 2.45. The lowest BCUT2D eigenvalue weighted by atomic mass is 10.1. The minimum atomic E-state index is -3.72. The molecule has 2 aromatic carbocycles. The molecule has 118 valence electrons. The molecule has 0 unspecified atom stereocenters. The van der Waals surface area contributed by atoms with E-state index in [0.29, 0.717) is 27.8 Å². The number of sulfone groups is 1. The van der Waals surface area contributed by atoms with Crippen molar-refractivity contribution in [2.24, 2.45) is 0 Å². The molecular formula is C17H20O4S. The van der Waals surface area contributed by atoms with E-state index in [4.69, 9.17) is 0 Å². The SMILES string of the molecule is Cc1cc(S(=O)(=O)c2cc(C)c(O)c(C)c2C)cc(C)c1O. The van der Waals surface area contributed by atoms with Gasteiger partial charge in [0.25, 0.3) is 0 Å². The van der Waals surface area contributed by atoms with E-state index in [2.05, 4.69) is 0 Å². The normalized spacial score (nSPS) is 11.7. The maximum Gasteiger partial charge on any atom is 0.206 e. The zero-order chi connectivity index (χ0) is 16.8. The van der Waals surface area contributed by atoms with E-state index in [0.717, 1.165) is 0 Å². The van der Waals surface area contributed by atoms with E-state index in [9.17, 15) is 18.6 Å². The molecule has 0 bridgehead atoms. The van der Waals surface area contributed by atoms with Crippen LogP contribution in [0, 0.1) is 34.6 Å². The molecule has 0 radical (unpaired) electrons. The topological polar surface area (TPSA) is 74.6 Å². The third-order valence-corrected chi connectivity index (χ3v) is 5.93. The lowest BCUT2D eigenvalue weighted by Gasteiger charge is -2.15. The number of rotatable bonds is 2. The summed E-state index contributed by atoms with van der Waals surface area (Å²) >= 11 is 0. The molecule has 4 nitrogen and oxygen atoms in total. The molecule has 0 amide bonds. The summed E-state index contributed by atoms with van der Waals surface area (Å²) in [6.07, 6.45) is 0. The monoisotopic (exact) mass is 320 g/mol. The number of hydrogen-bond donors (Lipinski definition) is 2. The van der Waals surface area contributed by atoms with E-state index in [-0.39, 0.29) is 21.3 Å². The molecule has 2 rings (SSSR count). The predicted molar refractivity (Wildman–Crippen MR) is 85.4 cm³/mol. The second kappa shape index (κ2) is 5.32. The summed E-state index contributed by atoms with van der Waals surface area (Å²) in [5, 5.41) is 19.8. The number of aryl methyl sites for hydroxylation is 3. The van der Waals surface area contributed by atoms with E-state index >= 15 is 0 Å². The summed E-state index contributed by atoms with van der Waals surface area (Å²) in [5.74, 6) is 0.225. The van der Waals surface area contributed by atoms with Crippen molar-refractivity contribution in [3.63, 3.8) is 0 Å². The molecular weight excluding hydrogens is 300 g/mol. The summed E-state index contributed by atoms with van der Waals surface area (Å²) in [6, 6.07) is 4.42. The van der Waals surface area contributed by atoms with Crippen LogP contribution in [0.25, 0.3) is 0 Å². The van der Waals surface area contributed by atoms with Gasteiger partial charge in [-0.25, -0.2) is 8.42 Å².